The summed E-state index contributed by atoms with van der Waals surface area (Å²) in [6.45, 7) is 6.28. The lowest BCUT2D eigenvalue weighted by Crippen LogP contribution is -1.82. The topological polar surface area (TPSA) is 12.9 Å². The Bertz CT molecular complexity index is 437. The first-order valence-electron chi connectivity index (χ1n) is 4.66. The fourth-order valence-electron chi connectivity index (χ4n) is 1.62. The van der Waals surface area contributed by atoms with Crippen LogP contribution in [0.1, 0.15) is 16.1 Å². The second kappa shape index (κ2) is 3.54. The van der Waals surface area contributed by atoms with Crippen molar-refractivity contribution in [2.24, 2.45) is 0 Å². The van der Waals surface area contributed by atoms with Crippen LogP contribution in [0.15, 0.2) is 23.6 Å². The average Bonchev–Trinajstić information content (AvgIpc) is 2.50. The predicted molar refractivity (Wildman–Crippen MR) is 61.8 cm³/mol. The Labute approximate surface area is 88.4 Å². The van der Waals surface area contributed by atoms with E-state index < -0.39 is 0 Å². The molecule has 2 aromatic rings. The zero-order valence-corrected chi connectivity index (χ0v) is 9.48. The van der Waals surface area contributed by atoms with E-state index in [1.54, 1.807) is 11.3 Å². The van der Waals surface area contributed by atoms with Crippen molar-refractivity contribution in [3.63, 3.8) is 0 Å². The highest BCUT2D eigenvalue weighted by Crippen LogP contribution is 2.23. The maximum absolute atomic E-state index is 4.48. The van der Waals surface area contributed by atoms with Crippen molar-refractivity contribution < 1.29 is 0 Å². The highest BCUT2D eigenvalue weighted by Gasteiger charge is 2.02. The average molecular weight is 203 g/mol. The zero-order valence-electron chi connectivity index (χ0n) is 8.66. The molecule has 0 unspecified atom stereocenters. The fourth-order valence-corrected chi connectivity index (χ4v) is 2.24. The second-order valence-corrected chi connectivity index (χ2v) is 4.69. The van der Waals surface area contributed by atoms with Crippen molar-refractivity contribution >= 4 is 11.3 Å². The summed E-state index contributed by atoms with van der Waals surface area (Å²) >= 11 is 1.70. The smallest absolute Gasteiger partial charge is 0.0901 e. The van der Waals surface area contributed by atoms with Crippen molar-refractivity contribution in [3.8, 4) is 11.3 Å². The van der Waals surface area contributed by atoms with Crippen LogP contribution in [-0.2, 0) is 0 Å². The normalized spacial score (nSPS) is 10.5. The highest BCUT2D eigenvalue weighted by molar-refractivity contribution is 7.09. The van der Waals surface area contributed by atoms with Crippen LogP contribution in [0, 0.1) is 20.8 Å². The van der Waals surface area contributed by atoms with E-state index >= 15 is 0 Å². The molecule has 1 aromatic heterocycles. The minimum Gasteiger partial charge on any atom is -0.242 e. The molecule has 0 amide bonds. The van der Waals surface area contributed by atoms with Gasteiger partial charge in [-0.3, -0.25) is 0 Å². The van der Waals surface area contributed by atoms with Crippen LogP contribution in [0.2, 0.25) is 0 Å². The number of hydrogen-bond acceptors (Lipinski definition) is 2. The number of thiazole rings is 1. The zero-order chi connectivity index (χ0) is 10.1. The Balaban J connectivity index is 2.51. The molecule has 0 bridgehead atoms. The van der Waals surface area contributed by atoms with Gasteiger partial charge < -0.3 is 0 Å². The number of aryl methyl sites for hydroxylation is 3. The Hall–Kier alpha value is -1.15. The summed E-state index contributed by atoms with van der Waals surface area (Å²) in [5, 5.41) is 3.24. The highest BCUT2D eigenvalue weighted by atomic mass is 32.1. The van der Waals surface area contributed by atoms with Gasteiger partial charge in [0.1, 0.15) is 0 Å². The third-order valence-corrected chi connectivity index (χ3v) is 2.91. The quantitative estimate of drug-likeness (QED) is 0.688. The van der Waals surface area contributed by atoms with Gasteiger partial charge in [0.05, 0.1) is 10.7 Å². The Morgan fingerprint density at radius 3 is 2.14 bits per heavy atom. The van der Waals surface area contributed by atoms with Crippen molar-refractivity contribution in [2.45, 2.75) is 20.8 Å². The minimum absolute atomic E-state index is 1.10. The molecule has 0 saturated carbocycles. The van der Waals surface area contributed by atoms with E-state index in [-0.39, 0.29) is 0 Å². The van der Waals surface area contributed by atoms with Crippen LogP contribution in [0.25, 0.3) is 11.3 Å². The van der Waals surface area contributed by atoms with Gasteiger partial charge in [0.25, 0.3) is 0 Å². The van der Waals surface area contributed by atoms with Gasteiger partial charge in [-0.05, 0) is 32.9 Å². The molecule has 0 N–H and O–H groups in total. The Morgan fingerprint density at radius 1 is 1.00 bits per heavy atom. The standard InChI is InChI=1S/C12H13NS/c1-8-4-9(2)6-11(5-8)12-7-14-10(3)13-12/h4-7H,1-3H3. The van der Waals surface area contributed by atoms with E-state index in [4.69, 9.17) is 0 Å². The maximum Gasteiger partial charge on any atom is 0.0901 e. The number of rotatable bonds is 1. The van der Waals surface area contributed by atoms with E-state index in [0.717, 1.165) is 10.7 Å². The summed E-state index contributed by atoms with van der Waals surface area (Å²) in [5.74, 6) is 0. The summed E-state index contributed by atoms with van der Waals surface area (Å²) in [4.78, 5) is 4.48. The molecule has 1 nitrogen and oxygen atoms in total. The number of hydrogen-bond donors (Lipinski definition) is 0. The van der Waals surface area contributed by atoms with Crippen molar-refractivity contribution in [1.82, 2.24) is 4.98 Å². The van der Waals surface area contributed by atoms with Crippen LogP contribution in [0.3, 0.4) is 0 Å². The summed E-state index contributed by atoms with van der Waals surface area (Å²) in [6.07, 6.45) is 0. The minimum atomic E-state index is 1.10. The predicted octanol–water partition coefficient (Wildman–Crippen LogP) is 3.74. The van der Waals surface area contributed by atoms with Crippen LogP contribution >= 0.6 is 11.3 Å². The molecule has 0 aliphatic carbocycles. The molecule has 14 heavy (non-hydrogen) atoms. The van der Waals surface area contributed by atoms with E-state index in [2.05, 4.69) is 42.4 Å². The van der Waals surface area contributed by atoms with E-state index in [1.807, 2.05) is 6.92 Å². The second-order valence-electron chi connectivity index (χ2n) is 3.63. The molecule has 0 saturated heterocycles. The molecule has 0 aliphatic rings. The van der Waals surface area contributed by atoms with E-state index in [0.29, 0.717) is 0 Å². The fraction of sp³-hybridized carbons (Fsp3) is 0.250. The van der Waals surface area contributed by atoms with Crippen LogP contribution in [-0.4, -0.2) is 4.98 Å². The number of benzene rings is 1. The Morgan fingerprint density at radius 2 is 1.64 bits per heavy atom. The van der Waals surface area contributed by atoms with E-state index in [1.165, 1.54) is 16.7 Å². The molecule has 1 heterocycles. The van der Waals surface area contributed by atoms with Crippen molar-refractivity contribution in [3.05, 3.63) is 39.7 Å². The van der Waals surface area contributed by atoms with Crippen molar-refractivity contribution in [2.75, 3.05) is 0 Å². The van der Waals surface area contributed by atoms with E-state index in [9.17, 15) is 0 Å². The molecule has 0 atom stereocenters. The van der Waals surface area contributed by atoms with Gasteiger partial charge in [0.2, 0.25) is 0 Å². The largest absolute Gasteiger partial charge is 0.242 e. The monoisotopic (exact) mass is 203 g/mol. The number of nitrogens with zero attached hydrogens (tertiary/aromatic N) is 1. The summed E-state index contributed by atoms with van der Waals surface area (Å²) in [5.41, 5.74) is 4.92. The Kier molecular flexibility index (Phi) is 2.38. The van der Waals surface area contributed by atoms with Crippen LogP contribution in [0.5, 0.6) is 0 Å². The van der Waals surface area contributed by atoms with Crippen LogP contribution < -0.4 is 0 Å². The SMILES string of the molecule is Cc1cc(C)cc(-c2csc(C)n2)c1. The first-order valence-corrected chi connectivity index (χ1v) is 5.54. The van der Waals surface area contributed by atoms with Gasteiger partial charge in [0, 0.05) is 10.9 Å². The molecule has 0 radical (unpaired) electrons. The van der Waals surface area contributed by atoms with Gasteiger partial charge in [0.15, 0.2) is 0 Å². The first kappa shape index (κ1) is 9.41. The maximum atomic E-state index is 4.48. The molecule has 0 spiro atoms. The molecule has 1 aromatic carbocycles. The summed E-state index contributed by atoms with van der Waals surface area (Å²) in [6, 6.07) is 6.55. The molecule has 2 rings (SSSR count). The molecular weight excluding hydrogens is 190 g/mol. The molecular formula is C12H13NS. The lowest BCUT2D eigenvalue weighted by atomic mass is 10.1. The molecule has 2 heteroatoms. The first-order chi connectivity index (χ1) is 6.65. The lowest BCUT2D eigenvalue weighted by Gasteiger charge is -2.01. The number of aromatic nitrogens is 1. The molecule has 0 fully saturated rings. The molecule has 0 aliphatic heterocycles. The summed E-state index contributed by atoms with van der Waals surface area (Å²) in [7, 11) is 0. The van der Waals surface area contributed by atoms with Crippen LogP contribution in [0.4, 0.5) is 0 Å². The van der Waals surface area contributed by atoms with Gasteiger partial charge in [-0.15, -0.1) is 11.3 Å². The summed E-state index contributed by atoms with van der Waals surface area (Å²) < 4.78 is 0. The third-order valence-electron chi connectivity index (χ3n) is 2.14. The van der Waals surface area contributed by atoms with Gasteiger partial charge >= 0.3 is 0 Å². The van der Waals surface area contributed by atoms with Gasteiger partial charge in [-0.1, -0.05) is 17.2 Å². The van der Waals surface area contributed by atoms with Gasteiger partial charge in [-0.25, -0.2) is 4.98 Å². The molecule has 72 valence electrons. The third kappa shape index (κ3) is 1.85. The van der Waals surface area contributed by atoms with Crippen molar-refractivity contribution in [1.29, 1.82) is 0 Å². The van der Waals surface area contributed by atoms with Gasteiger partial charge in [-0.2, -0.15) is 0 Å². The lowest BCUT2D eigenvalue weighted by molar-refractivity contribution is 1.28.